The molecule has 0 unspecified atom stereocenters. The Kier molecular flexibility index (Phi) is 8.54. The number of benzene rings is 3. The van der Waals surface area contributed by atoms with E-state index in [0.29, 0.717) is 32.1 Å². The molecular formula is C28H24Cl3N3O3. The van der Waals surface area contributed by atoms with E-state index in [4.69, 9.17) is 44.3 Å². The highest BCUT2D eigenvalue weighted by Gasteiger charge is 2.19. The van der Waals surface area contributed by atoms with Crippen molar-refractivity contribution in [1.29, 1.82) is 0 Å². The van der Waals surface area contributed by atoms with Crippen molar-refractivity contribution in [2.75, 3.05) is 7.11 Å². The Labute approximate surface area is 230 Å². The predicted octanol–water partition coefficient (Wildman–Crippen LogP) is 8.21. The lowest BCUT2D eigenvalue weighted by molar-refractivity contribution is 0.0600. The van der Waals surface area contributed by atoms with Gasteiger partial charge in [-0.3, -0.25) is 9.67 Å². The van der Waals surface area contributed by atoms with Crippen LogP contribution in [0.3, 0.4) is 0 Å². The number of carbonyl (C=O) groups is 1. The number of esters is 1. The van der Waals surface area contributed by atoms with Crippen molar-refractivity contribution < 1.29 is 14.3 Å². The SMILES string of the molecule is COC(=O)c1ccc(C=Nc2ccc(OCc3c(-c4c(Cl)cccc4Cl)cnn3C(C)C)cc2Cl)cc1. The molecule has 0 aliphatic carbocycles. The number of aliphatic imine (C=N–C) groups is 1. The van der Waals surface area contributed by atoms with Gasteiger partial charge in [0.25, 0.3) is 0 Å². The van der Waals surface area contributed by atoms with E-state index in [1.807, 2.05) is 18.5 Å². The fourth-order valence-electron chi connectivity index (χ4n) is 3.74. The van der Waals surface area contributed by atoms with Crippen LogP contribution in [0.25, 0.3) is 11.1 Å². The summed E-state index contributed by atoms with van der Waals surface area (Å²) in [6.45, 7) is 4.32. The number of hydrogen-bond acceptors (Lipinski definition) is 5. The zero-order valence-electron chi connectivity index (χ0n) is 20.4. The van der Waals surface area contributed by atoms with Crippen molar-refractivity contribution in [3.05, 3.63) is 98.7 Å². The molecule has 0 aliphatic rings. The Morgan fingerprint density at radius 3 is 2.35 bits per heavy atom. The Morgan fingerprint density at radius 1 is 1.03 bits per heavy atom. The summed E-state index contributed by atoms with van der Waals surface area (Å²) in [5.41, 5.74) is 4.25. The second-order valence-electron chi connectivity index (χ2n) is 8.41. The van der Waals surface area contributed by atoms with Crippen molar-refractivity contribution in [1.82, 2.24) is 9.78 Å². The van der Waals surface area contributed by atoms with E-state index in [0.717, 1.165) is 22.4 Å². The Balaban J connectivity index is 1.52. The van der Waals surface area contributed by atoms with Gasteiger partial charge in [0.2, 0.25) is 0 Å². The topological polar surface area (TPSA) is 65.7 Å². The molecule has 0 radical (unpaired) electrons. The molecule has 0 saturated heterocycles. The third kappa shape index (κ3) is 6.16. The van der Waals surface area contributed by atoms with Gasteiger partial charge in [-0.15, -0.1) is 0 Å². The molecule has 0 aliphatic heterocycles. The monoisotopic (exact) mass is 555 g/mol. The molecule has 1 aromatic heterocycles. The minimum absolute atomic E-state index is 0.107. The van der Waals surface area contributed by atoms with Crippen LogP contribution in [0, 0.1) is 0 Å². The Hall–Kier alpha value is -3.32. The summed E-state index contributed by atoms with van der Waals surface area (Å²) in [7, 11) is 1.35. The van der Waals surface area contributed by atoms with Crippen LogP contribution in [0.15, 0.2) is 71.9 Å². The standard InChI is InChI=1S/C28H24Cl3N3O3/c1-17(2)34-26(21(15-33-34)27-22(29)5-4-6-23(27)30)16-37-20-11-12-25(24(31)13-20)32-14-18-7-9-19(10-8-18)28(35)36-3/h4-15,17H,16H2,1-3H3. The number of nitrogens with zero attached hydrogens (tertiary/aromatic N) is 3. The van der Waals surface area contributed by atoms with Gasteiger partial charge in [0, 0.05) is 29.4 Å². The largest absolute Gasteiger partial charge is 0.487 e. The average Bonchev–Trinajstić information content (AvgIpc) is 3.30. The van der Waals surface area contributed by atoms with Crippen molar-refractivity contribution in [2.24, 2.45) is 4.99 Å². The highest BCUT2D eigenvalue weighted by molar-refractivity contribution is 6.39. The van der Waals surface area contributed by atoms with E-state index in [1.165, 1.54) is 7.11 Å². The van der Waals surface area contributed by atoms with Gasteiger partial charge in [-0.25, -0.2) is 4.79 Å². The molecule has 190 valence electrons. The smallest absolute Gasteiger partial charge is 0.337 e. The van der Waals surface area contributed by atoms with Gasteiger partial charge in [0.05, 0.1) is 45.3 Å². The second kappa shape index (κ2) is 11.8. The van der Waals surface area contributed by atoms with Crippen LogP contribution in [0.4, 0.5) is 5.69 Å². The number of aromatic nitrogens is 2. The first kappa shape index (κ1) is 26.7. The van der Waals surface area contributed by atoms with E-state index in [2.05, 4.69) is 10.1 Å². The van der Waals surface area contributed by atoms with Gasteiger partial charge >= 0.3 is 5.97 Å². The number of ether oxygens (including phenoxy) is 2. The molecule has 0 saturated carbocycles. The van der Waals surface area contributed by atoms with E-state index in [9.17, 15) is 4.79 Å². The van der Waals surface area contributed by atoms with Crippen LogP contribution in [-0.4, -0.2) is 29.1 Å². The van der Waals surface area contributed by atoms with Crippen LogP contribution in [0.5, 0.6) is 5.75 Å². The summed E-state index contributed by atoms with van der Waals surface area (Å²) in [5, 5.41) is 6.06. The summed E-state index contributed by atoms with van der Waals surface area (Å²) in [6, 6.07) is 17.7. The van der Waals surface area contributed by atoms with Gasteiger partial charge in [-0.05, 0) is 55.8 Å². The van der Waals surface area contributed by atoms with Crippen LogP contribution in [0.2, 0.25) is 15.1 Å². The maximum atomic E-state index is 11.6. The fraction of sp³-hybridized carbons (Fsp3) is 0.179. The summed E-state index contributed by atoms with van der Waals surface area (Å²) in [5.74, 6) is 0.194. The molecule has 0 amide bonds. The lowest BCUT2D eigenvalue weighted by atomic mass is 10.1. The molecular weight excluding hydrogens is 533 g/mol. The maximum absolute atomic E-state index is 11.6. The summed E-state index contributed by atoms with van der Waals surface area (Å²) >= 11 is 19.4. The van der Waals surface area contributed by atoms with Crippen LogP contribution in [-0.2, 0) is 11.3 Å². The molecule has 0 spiro atoms. The normalized spacial score (nSPS) is 11.3. The van der Waals surface area contributed by atoms with Crippen molar-refractivity contribution in [3.8, 4) is 16.9 Å². The number of carbonyl (C=O) groups excluding carboxylic acids is 1. The molecule has 0 atom stereocenters. The van der Waals surface area contributed by atoms with Crippen LogP contribution >= 0.6 is 34.8 Å². The second-order valence-corrected chi connectivity index (χ2v) is 9.64. The fourth-order valence-corrected chi connectivity index (χ4v) is 4.56. The third-order valence-corrected chi connectivity index (χ3v) is 6.53. The van der Waals surface area contributed by atoms with Crippen molar-refractivity contribution >= 4 is 52.7 Å². The highest BCUT2D eigenvalue weighted by Crippen LogP contribution is 2.38. The average molecular weight is 557 g/mol. The van der Waals surface area contributed by atoms with Crippen LogP contribution in [0.1, 0.15) is 41.5 Å². The van der Waals surface area contributed by atoms with E-state index in [-0.39, 0.29) is 18.6 Å². The quantitative estimate of drug-likeness (QED) is 0.162. The molecule has 37 heavy (non-hydrogen) atoms. The first-order valence-electron chi connectivity index (χ1n) is 11.4. The minimum Gasteiger partial charge on any atom is -0.487 e. The minimum atomic E-state index is -0.388. The predicted molar refractivity (Wildman–Crippen MR) is 149 cm³/mol. The molecule has 4 aromatic rings. The molecule has 0 bridgehead atoms. The lowest BCUT2D eigenvalue weighted by Gasteiger charge is -2.15. The van der Waals surface area contributed by atoms with Crippen molar-refractivity contribution in [2.45, 2.75) is 26.5 Å². The maximum Gasteiger partial charge on any atom is 0.337 e. The Morgan fingerprint density at radius 2 is 1.73 bits per heavy atom. The first-order valence-corrected chi connectivity index (χ1v) is 12.6. The summed E-state index contributed by atoms with van der Waals surface area (Å²) in [4.78, 5) is 16.0. The summed E-state index contributed by atoms with van der Waals surface area (Å²) in [6.07, 6.45) is 3.43. The lowest BCUT2D eigenvalue weighted by Crippen LogP contribution is -2.10. The third-order valence-electron chi connectivity index (χ3n) is 5.60. The van der Waals surface area contributed by atoms with E-state index < -0.39 is 0 Å². The van der Waals surface area contributed by atoms with Crippen LogP contribution < -0.4 is 4.74 Å². The number of rotatable bonds is 8. The van der Waals surface area contributed by atoms with Gasteiger partial charge < -0.3 is 9.47 Å². The van der Waals surface area contributed by atoms with E-state index in [1.54, 1.807) is 73.1 Å². The van der Waals surface area contributed by atoms with Gasteiger partial charge in [-0.2, -0.15) is 5.10 Å². The van der Waals surface area contributed by atoms with Gasteiger partial charge in [0.15, 0.2) is 0 Å². The highest BCUT2D eigenvalue weighted by atomic mass is 35.5. The summed E-state index contributed by atoms with van der Waals surface area (Å²) < 4.78 is 12.7. The zero-order chi connectivity index (χ0) is 26.5. The number of halogens is 3. The molecule has 1 heterocycles. The molecule has 6 nitrogen and oxygen atoms in total. The molecule has 0 fully saturated rings. The molecule has 3 aromatic carbocycles. The first-order chi connectivity index (χ1) is 17.8. The molecule has 9 heteroatoms. The van der Waals surface area contributed by atoms with Gasteiger partial charge in [-0.1, -0.05) is 53.0 Å². The Bertz CT molecular complexity index is 1430. The van der Waals surface area contributed by atoms with Crippen molar-refractivity contribution in [3.63, 3.8) is 0 Å². The van der Waals surface area contributed by atoms with Gasteiger partial charge in [0.1, 0.15) is 12.4 Å². The molecule has 4 rings (SSSR count). The zero-order valence-corrected chi connectivity index (χ0v) is 22.7. The number of methoxy groups -OCH3 is 1. The number of hydrogen-bond donors (Lipinski definition) is 0. The molecule has 0 N–H and O–H groups in total. The van der Waals surface area contributed by atoms with E-state index >= 15 is 0 Å².